The largest absolute Gasteiger partial charge is 0.423 e. The van der Waals surface area contributed by atoms with E-state index in [1.54, 1.807) is 30.7 Å². The van der Waals surface area contributed by atoms with Crippen LogP contribution >= 0.6 is 22.9 Å². The van der Waals surface area contributed by atoms with Gasteiger partial charge in [-0.3, -0.25) is 9.88 Å². The highest BCUT2D eigenvalue weighted by molar-refractivity contribution is 7.18. The number of para-hydroxylation sites is 1. The first-order valence-electron chi connectivity index (χ1n) is 11.2. The van der Waals surface area contributed by atoms with Crippen molar-refractivity contribution in [2.24, 2.45) is 0 Å². The van der Waals surface area contributed by atoms with Gasteiger partial charge in [-0.25, -0.2) is 15.0 Å². The lowest BCUT2D eigenvalue weighted by atomic mass is 10.1. The summed E-state index contributed by atoms with van der Waals surface area (Å²) in [6.07, 6.45) is 6.66. The van der Waals surface area contributed by atoms with Crippen molar-refractivity contribution in [2.75, 3.05) is 18.4 Å². The Morgan fingerprint density at radius 2 is 1.94 bits per heavy atom. The minimum atomic E-state index is -0.181. The topological polar surface area (TPSA) is 109 Å². The van der Waals surface area contributed by atoms with Gasteiger partial charge in [0.1, 0.15) is 5.75 Å². The zero-order valence-electron chi connectivity index (χ0n) is 19.1. The molecule has 2 N–H and O–H groups in total. The molecule has 4 heterocycles. The number of anilines is 2. The number of halogens is 1. The van der Waals surface area contributed by atoms with E-state index in [0.29, 0.717) is 27.4 Å². The highest BCUT2D eigenvalue weighted by atomic mass is 35.5. The quantitative estimate of drug-likeness (QED) is 0.361. The van der Waals surface area contributed by atoms with Crippen LogP contribution in [0.1, 0.15) is 24.2 Å². The molecule has 1 aliphatic heterocycles. The van der Waals surface area contributed by atoms with Gasteiger partial charge in [-0.15, -0.1) is 0 Å². The van der Waals surface area contributed by atoms with E-state index in [1.807, 2.05) is 25.1 Å². The van der Waals surface area contributed by atoms with Gasteiger partial charge in [0.25, 0.3) is 0 Å². The molecular weight excluding hydrogens is 486 g/mol. The number of hydrogen-bond donors (Lipinski definition) is 2. The Hall–Kier alpha value is -3.18. The number of nitrogens with one attached hydrogen (secondary N) is 1. The summed E-state index contributed by atoms with van der Waals surface area (Å²) in [6.45, 7) is 4.36. The Kier molecular flexibility index (Phi) is 7.14. The maximum absolute atomic E-state index is 9.66. The fourth-order valence-electron chi connectivity index (χ4n) is 3.71. The van der Waals surface area contributed by atoms with E-state index in [9.17, 15) is 5.11 Å². The molecule has 1 saturated heterocycles. The molecule has 0 atom stereocenters. The van der Waals surface area contributed by atoms with Crippen LogP contribution in [0.2, 0.25) is 5.02 Å². The van der Waals surface area contributed by atoms with Crippen LogP contribution < -0.4 is 10.1 Å². The van der Waals surface area contributed by atoms with Crippen LogP contribution in [0.5, 0.6) is 11.8 Å². The summed E-state index contributed by atoms with van der Waals surface area (Å²) >= 11 is 7.64. The monoisotopic (exact) mass is 509 g/mol. The average molecular weight is 510 g/mol. The summed E-state index contributed by atoms with van der Waals surface area (Å²) in [5.74, 6) is 1.11. The van der Waals surface area contributed by atoms with Crippen molar-refractivity contribution >= 4 is 33.9 Å². The first kappa shape index (κ1) is 23.6. The summed E-state index contributed by atoms with van der Waals surface area (Å²) in [5, 5.41) is 14.0. The van der Waals surface area contributed by atoms with Crippen molar-refractivity contribution in [1.82, 2.24) is 29.8 Å². The Bertz CT molecular complexity index is 1290. The van der Waals surface area contributed by atoms with Crippen LogP contribution in [0, 0.1) is 6.92 Å². The molecule has 9 nitrogen and oxygen atoms in total. The van der Waals surface area contributed by atoms with Gasteiger partial charge in [0.15, 0.2) is 10.9 Å². The second kappa shape index (κ2) is 10.6. The minimum Gasteiger partial charge on any atom is -0.423 e. The molecule has 1 fully saturated rings. The third-order valence-corrected chi connectivity index (χ3v) is 6.76. The van der Waals surface area contributed by atoms with Gasteiger partial charge >= 0.3 is 6.01 Å². The predicted octanol–water partition coefficient (Wildman–Crippen LogP) is 4.84. The molecular formula is C24H24ClN7O2S. The molecule has 0 amide bonds. The van der Waals surface area contributed by atoms with Gasteiger partial charge in [-0.2, -0.15) is 4.98 Å². The minimum absolute atomic E-state index is 0.181. The fourth-order valence-corrected chi connectivity index (χ4v) is 4.66. The maximum Gasteiger partial charge on any atom is 0.322 e. The average Bonchev–Trinajstić information content (AvgIpc) is 3.32. The number of aliphatic hydroxyl groups excluding tert-OH is 1. The first-order valence-corrected chi connectivity index (χ1v) is 12.4. The third-order valence-electron chi connectivity index (χ3n) is 5.51. The summed E-state index contributed by atoms with van der Waals surface area (Å²) in [7, 11) is 0. The van der Waals surface area contributed by atoms with E-state index in [1.165, 1.54) is 11.3 Å². The first-order chi connectivity index (χ1) is 17.0. The van der Waals surface area contributed by atoms with Crippen LogP contribution in [0.4, 0.5) is 10.9 Å². The van der Waals surface area contributed by atoms with E-state index in [2.05, 4.69) is 35.1 Å². The van der Waals surface area contributed by atoms with E-state index in [-0.39, 0.29) is 12.1 Å². The van der Waals surface area contributed by atoms with Crippen molar-refractivity contribution in [3.05, 3.63) is 65.3 Å². The van der Waals surface area contributed by atoms with Gasteiger partial charge in [0.05, 0.1) is 39.8 Å². The normalized spacial score (nSPS) is 14.7. The zero-order chi connectivity index (χ0) is 24.2. The number of piperidine rings is 1. The van der Waals surface area contributed by atoms with Gasteiger partial charge in [0, 0.05) is 31.5 Å². The molecule has 0 saturated carbocycles. The molecule has 1 aromatic carbocycles. The predicted molar refractivity (Wildman–Crippen MR) is 135 cm³/mol. The molecule has 1 aliphatic rings. The Balaban J connectivity index is 1.24. The highest BCUT2D eigenvalue weighted by Gasteiger charge is 2.17. The molecule has 4 aromatic rings. The number of aliphatic hydroxyl groups is 1. The number of rotatable bonds is 7. The number of hydrogen-bond acceptors (Lipinski definition) is 10. The van der Waals surface area contributed by atoms with E-state index in [4.69, 9.17) is 16.3 Å². The van der Waals surface area contributed by atoms with Crippen LogP contribution in [0.3, 0.4) is 0 Å². The zero-order valence-corrected chi connectivity index (χ0v) is 20.6. The SMILES string of the molecule is Cc1cc(-c2cnc(Nc3cnc(CN4CCC(O)CC4)cn3)s2)nc(Oc2ccccc2Cl)n1. The highest BCUT2D eigenvalue weighted by Crippen LogP contribution is 2.32. The van der Waals surface area contributed by atoms with Crippen LogP contribution in [-0.2, 0) is 6.54 Å². The van der Waals surface area contributed by atoms with Gasteiger partial charge in [-0.1, -0.05) is 35.1 Å². The Labute approximate surface area is 211 Å². The van der Waals surface area contributed by atoms with E-state index < -0.39 is 0 Å². The fraction of sp³-hybridized carbons (Fsp3) is 0.292. The van der Waals surface area contributed by atoms with Gasteiger partial charge in [-0.05, 0) is 38.0 Å². The standard InChI is InChI=1S/C24H24ClN7O2S/c1-15-10-19(30-23(29-15)34-20-5-3-2-4-18(20)25)21-12-28-24(35-21)31-22-13-26-16(11-27-22)14-32-8-6-17(33)7-9-32/h2-5,10-13,17,33H,6-9,14H2,1H3,(H,27,28,31). The number of aromatic nitrogens is 5. The lowest BCUT2D eigenvalue weighted by Crippen LogP contribution is -2.35. The number of benzene rings is 1. The number of nitrogens with zero attached hydrogens (tertiary/aromatic N) is 6. The summed E-state index contributed by atoms with van der Waals surface area (Å²) in [5.41, 5.74) is 2.37. The van der Waals surface area contributed by atoms with Crippen molar-refractivity contribution in [1.29, 1.82) is 0 Å². The molecule has 0 bridgehead atoms. The van der Waals surface area contributed by atoms with Crippen molar-refractivity contribution < 1.29 is 9.84 Å². The molecule has 5 rings (SSSR count). The van der Waals surface area contributed by atoms with Gasteiger partial charge < -0.3 is 15.2 Å². The van der Waals surface area contributed by atoms with E-state index in [0.717, 1.165) is 48.7 Å². The van der Waals surface area contributed by atoms with Crippen LogP contribution in [0.25, 0.3) is 10.6 Å². The lowest BCUT2D eigenvalue weighted by molar-refractivity contribution is 0.0786. The van der Waals surface area contributed by atoms with Crippen molar-refractivity contribution in [2.45, 2.75) is 32.4 Å². The Morgan fingerprint density at radius 1 is 1.11 bits per heavy atom. The number of likely N-dealkylation sites (tertiary alicyclic amines) is 1. The number of ether oxygens (including phenoxy) is 1. The van der Waals surface area contributed by atoms with E-state index >= 15 is 0 Å². The molecule has 35 heavy (non-hydrogen) atoms. The van der Waals surface area contributed by atoms with Gasteiger partial charge in [0.2, 0.25) is 0 Å². The van der Waals surface area contributed by atoms with Crippen LogP contribution in [0.15, 0.2) is 48.9 Å². The number of thiazole rings is 1. The lowest BCUT2D eigenvalue weighted by Gasteiger charge is -2.28. The molecule has 0 radical (unpaired) electrons. The molecule has 0 aliphatic carbocycles. The molecule has 3 aromatic heterocycles. The van der Waals surface area contributed by atoms with Crippen molar-refractivity contribution in [3.63, 3.8) is 0 Å². The Morgan fingerprint density at radius 3 is 2.71 bits per heavy atom. The van der Waals surface area contributed by atoms with Crippen molar-refractivity contribution in [3.8, 4) is 22.3 Å². The smallest absolute Gasteiger partial charge is 0.322 e. The summed E-state index contributed by atoms with van der Waals surface area (Å²) < 4.78 is 5.81. The molecule has 180 valence electrons. The van der Waals surface area contributed by atoms with Crippen LogP contribution in [-0.4, -0.2) is 54.1 Å². The molecule has 11 heteroatoms. The summed E-state index contributed by atoms with van der Waals surface area (Å²) in [6, 6.07) is 9.30. The third kappa shape index (κ3) is 6.09. The second-order valence-corrected chi connectivity index (χ2v) is 9.70. The maximum atomic E-state index is 9.66. The number of aryl methyl sites for hydroxylation is 1. The molecule has 0 spiro atoms. The summed E-state index contributed by atoms with van der Waals surface area (Å²) in [4.78, 5) is 25.5. The molecule has 0 unspecified atom stereocenters. The second-order valence-electron chi connectivity index (χ2n) is 8.26.